The Balaban J connectivity index is 2.76. The molecule has 1 rings (SSSR count). The van der Waals surface area contributed by atoms with E-state index in [0.717, 1.165) is 11.3 Å². The molecular formula is C11H15NO3S. The summed E-state index contributed by atoms with van der Waals surface area (Å²) >= 11 is 1.39. The number of rotatable bonds is 4. The van der Waals surface area contributed by atoms with Crippen LogP contribution in [0.2, 0.25) is 0 Å². The molecule has 0 atom stereocenters. The Bertz CT molecular complexity index is 409. The third kappa shape index (κ3) is 2.82. The zero-order valence-corrected chi connectivity index (χ0v) is 10.4. The van der Waals surface area contributed by atoms with Crippen LogP contribution < -0.4 is 5.32 Å². The number of thiophene rings is 1. The van der Waals surface area contributed by atoms with Crippen molar-refractivity contribution in [2.24, 2.45) is 0 Å². The highest BCUT2D eigenvalue weighted by Crippen LogP contribution is 2.17. The maximum Gasteiger partial charge on any atom is 0.328 e. The Morgan fingerprint density at radius 2 is 2.06 bits per heavy atom. The van der Waals surface area contributed by atoms with Gasteiger partial charge in [-0.3, -0.25) is 4.79 Å². The monoisotopic (exact) mass is 241 g/mol. The van der Waals surface area contributed by atoms with Crippen molar-refractivity contribution in [3.8, 4) is 0 Å². The minimum absolute atomic E-state index is 0.336. The van der Waals surface area contributed by atoms with Gasteiger partial charge in [-0.15, -0.1) is 11.3 Å². The van der Waals surface area contributed by atoms with Gasteiger partial charge in [0.2, 0.25) is 0 Å². The number of hydrogen-bond acceptors (Lipinski definition) is 3. The standard InChI is InChI=1S/C11H15NO3S/c1-4-7-5-6-8(16-7)9(13)12-11(2,3)10(14)15/h5-6H,4H2,1-3H3,(H,12,13)(H,14,15). The minimum atomic E-state index is -1.24. The van der Waals surface area contributed by atoms with Crippen LogP contribution in [-0.2, 0) is 11.2 Å². The predicted octanol–water partition coefficient (Wildman–Crippen LogP) is 1.90. The first-order valence-electron chi connectivity index (χ1n) is 5.01. The van der Waals surface area contributed by atoms with Crippen molar-refractivity contribution < 1.29 is 14.7 Å². The van der Waals surface area contributed by atoms with Gasteiger partial charge in [-0.1, -0.05) is 6.92 Å². The molecule has 0 aliphatic carbocycles. The smallest absolute Gasteiger partial charge is 0.328 e. The van der Waals surface area contributed by atoms with E-state index in [-0.39, 0.29) is 5.91 Å². The lowest BCUT2D eigenvalue weighted by Gasteiger charge is -2.20. The summed E-state index contributed by atoms with van der Waals surface area (Å²) in [6.45, 7) is 4.93. The molecule has 0 radical (unpaired) electrons. The normalized spacial score (nSPS) is 11.2. The number of carbonyl (C=O) groups excluding carboxylic acids is 1. The molecule has 0 saturated heterocycles. The summed E-state index contributed by atoms with van der Waals surface area (Å²) in [6, 6.07) is 3.60. The van der Waals surface area contributed by atoms with E-state index >= 15 is 0 Å². The van der Waals surface area contributed by atoms with E-state index in [2.05, 4.69) is 5.32 Å². The lowest BCUT2D eigenvalue weighted by Crippen LogP contribution is -2.49. The van der Waals surface area contributed by atoms with Gasteiger partial charge in [-0.05, 0) is 32.4 Å². The topological polar surface area (TPSA) is 66.4 Å². The number of carboxylic acids is 1. The molecule has 1 heterocycles. The minimum Gasteiger partial charge on any atom is -0.480 e. The van der Waals surface area contributed by atoms with Crippen LogP contribution in [0.1, 0.15) is 35.3 Å². The van der Waals surface area contributed by atoms with Crippen LogP contribution in [0.5, 0.6) is 0 Å². The van der Waals surface area contributed by atoms with Gasteiger partial charge in [0.05, 0.1) is 4.88 Å². The Morgan fingerprint density at radius 1 is 1.44 bits per heavy atom. The largest absolute Gasteiger partial charge is 0.480 e. The van der Waals surface area contributed by atoms with Gasteiger partial charge >= 0.3 is 5.97 Å². The fraction of sp³-hybridized carbons (Fsp3) is 0.455. The van der Waals surface area contributed by atoms with Crippen molar-refractivity contribution in [1.82, 2.24) is 5.32 Å². The van der Waals surface area contributed by atoms with Crippen LogP contribution in [0.15, 0.2) is 12.1 Å². The summed E-state index contributed by atoms with van der Waals surface area (Å²) in [5.74, 6) is -1.38. The molecule has 0 aliphatic rings. The highest BCUT2D eigenvalue weighted by molar-refractivity contribution is 7.14. The van der Waals surface area contributed by atoms with Crippen LogP contribution in [0.4, 0.5) is 0 Å². The molecule has 0 fully saturated rings. The maximum absolute atomic E-state index is 11.7. The van der Waals surface area contributed by atoms with Gasteiger partial charge < -0.3 is 10.4 Å². The van der Waals surface area contributed by atoms with Gasteiger partial charge in [-0.25, -0.2) is 4.79 Å². The summed E-state index contributed by atoms with van der Waals surface area (Å²) in [7, 11) is 0. The first-order chi connectivity index (χ1) is 7.36. The van der Waals surface area contributed by atoms with Crippen molar-refractivity contribution in [3.63, 3.8) is 0 Å². The summed E-state index contributed by atoms with van der Waals surface area (Å²) in [5.41, 5.74) is -1.24. The molecule has 0 unspecified atom stereocenters. The zero-order valence-electron chi connectivity index (χ0n) is 9.53. The number of carbonyl (C=O) groups is 2. The number of carboxylic acid groups (broad SMARTS) is 1. The molecule has 0 bridgehead atoms. The molecule has 1 amide bonds. The summed E-state index contributed by atoms with van der Waals surface area (Å²) in [5, 5.41) is 11.4. The quantitative estimate of drug-likeness (QED) is 0.846. The Labute approximate surface area is 98.3 Å². The molecule has 2 N–H and O–H groups in total. The molecule has 0 aliphatic heterocycles. The number of amides is 1. The molecule has 0 saturated carbocycles. The third-order valence-electron chi connectivity index (χ3n) is 2.19. The SMILES string of the molecule is CCc1ccc(C(=O)NC(C)(C)C(=O)O)s1. The Kier molecular flexibility index (Phi) is 3.70. The maximum atomic E-state index is 11.7. The molecule has 1 aromatic rings. The van der Waals surface area contributed by atoms with Crippen molar-refractivity contribution in [2.45, 2.75) is 32.7 Å². The highest BCUT2D eigenvalue weighted by Gasteiger charge is 2.29. The van der Waals surface area contributed by atoms with Gasteiger partial charge in [0.25, 0.3) is 5.91 Å². The molecule has 88 valence electrons. The van der Waals surface area contributed by atoms with Gasteiger partial charge in [-0.2, -0.15) is 0 Å². The van der Waals surface area contributed by atoms with Gasteiger partial charge in [0, 0.05) is 4.88 Å². The molecule has 1 aromatic heterocycles. The first kappa shape index (κ1) is 12.7. The average molecular weight is 241 g/mol. The lowest BCUT2D eigenvalue weighted by atomic mass is 10.1. The van der Waals surface area contributed by atoms with Gasteiger partial charge in [0.15, 0.2) is 0 Å². The van der Waals surface area contributed by atoms with Crippen LogP contribution >= 0.6 is 11.3 Å². The van der Waals surface area contributed by atoms with Crippen molar-refractivity contribution in [3.05, 3.63) is 21.9 Å². The van der Waals surface area contributed by atoms with Crippen molar-refractivity contribution in [1.29, 1.82) is 0 Å². The molecule has 0 spiro atoms. The van der Waals surface area contributed by atoms with E-state index in [9.17, 15) is 9.59 Å². The van der Waals surface area contributed by atoms with Crippen LogP contribution in [0, 0.1) is 0 Å². The van der Waals surface area contributed by atoms with E-state index in [0.29, 0.717) is 4.88 Å². The second-order valence-electron chi connectivity index (χ2n) is 4.00. The second kappa shape index (κ2) is 4.65. The second-order valence-corrected chi connectivity index (χ2v) is 5.17. The molecule has 5 heteroatoms. The molecular weight excluding hydrogens is 226 g/mol. The Hall–Kier alpha value is -1.36. The molecule has 16 heavy (non-hydrogen) atoms. The summed E-state index contributed by atoms with van der Waals surface area (Å²) in [6.07, 6.45) is 0.875. The first-order valence-corrected chi connectivity index (χ1v) is 5.83. The van der Waals surface area contributed by atoms with E-state index in [1.807, 2.05) is 13.0 Å². The zero-order chi connectivity index (χ0) is 12.3. The summed E-state index contributed by atoms with van der Waals surface area (Å²) < 4.78 is 0. The van der Waals surface area contributed by atoms with Crippen LogP contribution in [0.25, 0.3) is 0 Å². The third-order valence-corrected chi connectivity index (χ3v) is 3.42. The van der Waals surface area contributed by atoms with Gasteiger partial charge in [0.1, 0.15) is 5.54 Å². The lowest BCUT2D eigenvalue weighted by molar-refractivity contribution is -0.143. The van der Waals surface area contributed by atoms with E-state index in [1.54, 1.807) is 6.07 Å². The number of aliphatic carboxylic acids is 1. The van der Waals surface area contributed by atoms with Crippen LogP contribution in [-0.4, -0.2) is 22.5 Å². The number of nitrogens with one attached hydrogen (secondary N) is 1. The number of aryl methyl sites for hydroxylation is 1. The van der Waals surface area contributed by atoms with Crippen molar-refractivity contribution >= 4 is 23.2 Å². The molecule has 4 nitrogen and oxygen atoms in total. The predicted molar refractivity (Wildman–Crippen MR) is 62.9 cm³/mol. The van der Waals surface area contributed by atoms with Crippen molar-refractivity contribution in [2.75, 3.05) is 0 Å². The van der Waals surface area contributed by atoms with E-state index in [1.165, 1.54) is 25.2 Å². The Morgan fingerprint density at radius 3 is 2.50 bits per heavy atom. The van der Waals surface area contributed by atoms with Crippen LogP contribution in [0.3, 0.4) is 0 Å². The number of hydrogen-bond donors (Lipinski definition) is 2. The van der Waals surface area contributed by atoms with E-state index in [4.69, 9.17) is 5.11 Å². The summed E-state index contributed by atoms with van der Waals surface area (Å²) in [4.78, 5) is 24.2. The fourth-order valence-corrected chi connectivity index (χ4v) is 1.93. The average Bonchev–Trinajstić information content (AvgIpc) is 2.64. The molecule has 0 aromatic carbocycles. The fourth-order valence-electron chi connectivity index (χ4n) is 1.09. The highest BCUT2D eigenvalue weighted by atomic mass is 32.1. The van der Waals surface area contributed by atoms with E-state index < -0.39 is 11.5 Å².